The van der Waals surface area contributed by atoms with Gasteiger partial charge in [0.05, 0.1) is 33.3 Å². The summed E-state index contributed by atoms with van der Waals surface area (Å²) in [5, 5.41) is -0.101. The molecular weight excluding hydrogens is 368 g/mol. The van der Waals surface area contributed by atoms with Crippen molar-refractivity contribution < 1.29 is 33.4 Å². The van der Waals surface area contributed by atoms with Gasteiger partial charge in [0, 0.05) is 5.57 Å². The number of methoxy groups -OCH3 is 3. The average molecular weight is 403 g/mol. The lowest BCUT2D eigenvalue weighted by atomic mass is 9.97. The first-order chi connectivity index (χ1) is 12.4. The monoisotopic (exact) mass is 402 g/mol. The van der Waals surface area contributed by atoms with Crippen molar-refractivity contribution in [3.8, 4) is 0 Å². The van der Waals surface area contributed by atoms with Crippen LogP contribution in [0.15, 0.2) is 11.1 Å². The number of rotatable bonds is 11. The van der Waals surface area contributed by atoms with Crippen LogP contribution in [0.3, 0.4) is 0 Å². The van der Waals surface area contributed by atoms with Crippen molar-refractivity contribution in [2.75, 3.05) is 21.3 Å². The maximum atomic E-state index is 12.1. The van der Waals surface area contributed by atoms with E-state index in [1.54, 1.807) is 0 Å². The summed E-state index contributed by atoms with van der Waals surface area (Å²) in [7, 11) is 1.38. The molecule has 0 radical (unpaired) electrons. The molecule has 0 aliphatic carbocycles. The van der Waals surface area contributed by atoms with E-state index in [0.29, 0.717) is 12.8 Å². The van der Waals surface area contributed by atoms with Crippen molar-refractivity contribution in [2.45, 2.75) is 70.5 Å². The molecule has 0 aromatic heterocycles. The molecule has 0 unspecified atom stereocenters. The number of ether oxygens (including phenoxy) is 3. The molecule has 0 saturated heterocycles. The molecule has 8 heteroatoms. The van der Waals surface area contributed by atoms with Crippen LogP contribution in [0.2, 0.25) is 18.1 Å². The molecule has 0 saturated carbocycles. The van der Waals surface area contributed by atoms with Gasteiger partial charge < -0.3 is 19.0 Å². The van der Waals surface area contributed by atoms with Gasteiger partial charge >= 0.3 is 17.9 Å². The van der Waals surface area contributed by atoms with Crippen LogP contribution >= 0.6 is 0 Å². The fourth-order valence-corrected chi connectivity index (χ4v) is 3.28. The maximum Gasteiger partial charge on any atom is 0.334 e. The van der Waals surface area contributed by atoms with Gasteiger partial charge in [-0.1, -0.05) is 26.7 Å². The van der Waals surface area contributed by atoms with E-state index in [1.165, 1.54) is 21.3 Å². The molecule has 27 heavy (non-hydrogen) atoms. The Labute approximate surface area is 163 Å². The van der Waals surface area contributed by atoms with Crippen LogP contribution in [0.1, 0.15) is 52.4 Å². The summed E-state index contributed by atoms with van der Waals surface area (Å²) in [6, 6.07) is 0. The van der Waals surface area contributed by atoms with Crippen LogP contribution < -0.4 is 0 Å². The quantitative estimate of drug-likeness (QED) is 0.186. The second-order valence-corrected chi connectivity index (χ2v) is 12.2. The molecule has 0 aliphatic rings. The zero-order valence-electron chi connectivity index (χ0n) is 17.6. The summed E-state index contributed by atoms with van der Waals surface area (Å²) in [4.78, 5) is 46.1. The Morgan fingerprint density at radius 2 is 1.37 bits per heavy atom. The molecule has 0 rings (SSSR count). The van der Waals surface area contributed by atoms with Gasteiger partial charge in [0.1, 0.15) is 0 Å². The number of hydrogen-bond donors (Lipinski definition) is 1. The van der Waals surface area contributed by atoms with Crippen LogP contribution in [0, 0.1) is 0 Å². The molecule has 156 valence electrons. The predicted molar refractivity (Wildman–Crippen MR) is 105 cm³/mol. The lowest BCUT2D eigenvalue weighted by molar-refractivity contribution is -0.143. The standard InChI is InChI=1S/C19H34O7Si/c1-19(2,27(6,7)23)12-10-8-9-11-14(17(21)25-4)15(18(22)26-5)13-16(20)24-3/h23H,8-13H2,1-7H3/b15-14+. The lowest BCUT2D eigenvalue weighted by Gasteiger charge is -2.35. The minimum absolute atomic E-state index is 0.0274. The Morgan fingerprint density at radius 3 is 1.81 bits per heavy atom. The van der Waals surface area contributed by atoms with Gasteiger partial charge in [-0.3, -0.25) is 4.79 Å². The van der Waals surface area contributed by atoms with E-state index >= 15 is 0 Å². The Balaban J connectivity index is 5.12. The van der Waals surface area contributed by atoms with Gasteiger partial charge in [0.15, 0.2) is 8.32 Å². The van der Waals surface area contributed by atoms with E-state index in [9.17, 15) is 19.2 Å². The van der Waals surface area contributed by atoms with Gasteiger partial charge in [-0.15, -0.1) is 0 Å². The SMILES string of the molecule is COC(=O)C/C(C(=O)OC)=C(/CCCCCC(C)(C)[Si](C)(C)O)C(=O)OC. The Bertz CT molecular complexity index is 559. The first-order valence-corrected chi connectivity index (χ1v) is 12.0. The smallest absolute Gasteiger partial charge is 0.334 e. The van der Waals surface area contributed by atoms with Crippen molar-refractivity contribution in [1.82, 2.24) is 0 Å². The van der Waals surface area contributed by atoms with Gasteiger partial charge in [0.25, 0.3) is 0 Å². The second kappa shape index (κ2) is 11.2. The Kier molecular flexibility index (Phi) is 10.5. The zero-order valence-corrected chi connectivity index (χ0v) is 18.6. The van der Waals surface area contributed by atoms with Gasteiger partial charge in [0.2, 0.25) is 0 Å². The molecule has 0 fully saturated rings. The van der Waals surface area contributed by atoms with Crippen molar-refractivity contribution in [1.29, 1.82) is 0 Å². The van der Waals surface area contributed by atoms with Crippen LogP contribution in [-0.4, -0.2) is 52.4 Å². The molecule has 0 aliphatic heterocycles. The minimum Gasteiger partial charge on any atom is -0.469 e. The number of carbonyl (C=O) groups is 3. The number of esters is 3. The molecule has 0 atom stereocenters. The number of carbonyl (C=O) groups excluding carboxylic acids is 3. The molecule has 1 N–H and O–H groups in total. The fourth-order valence-electron chi connectivity index (χ4n) is 2.49. The minimum atomic E-state index is -2.25. The van der Waals surface area contributed by atoms with Crippen LogP contribution in [0.25, 0.3) is 0 Å². The largest absolute Gasteiger partial charge is 0.469 e. The summed E-state index contributed by atoms with van der Waals surface area (Å²) in [6.45, 7) is 8.01. The van der Waals surface area contributed by atoms with Gasteiger partial charge in [-0.05, 0) is 37.4 Å². The van der Waals surface area contributed by atoms with E-state index in [0.717, 1.165) is 19.3 Å². The number of unbranched alkanes of at least 4 members (excludes halogenated alkanes) is 2. The van der Waals surface area contributed by atoms with Crippen molar-refractivity contribution >= 4 is 26.2 Å². The van der Waals surface area contributed by atoms with Crippen molar-refractivity contribution in [3.05, 3.63) is 11.1 Å². The van der Waals surface area contributed by atoms with E-state index in [2.05, 4.69) is 18.6 Å². The first-order valence-electron chi connectivity index (χ1n) is 9.09. The van der Waals surface area contributed by atoms with Crippen LogP contribution in [0.5, 0.6) is 0 Å². The zero-order chi connectivity index (χ0) is 21.3. The van der Waals surface area contributed by atoms with E-state index in [1.807, 2.05) is 13.1 Å². The third-order valence-corrected chi connectivity index (χ3v) is 8.72. The van der Waals surface area contributed by atoms with E-state index < -0.39 is 26.2 Å². The molecular formula is C19H34O7Si. The topological polar surface area (TPSA) is 99.1 Å². The van der Waals surface area contributed by atoms with Crippen molar-refractivity contribution in [3.63, 3.8) is 0 Å². The molecule has 0 bridgehead atoms. The molecule has 0 spiro atoms. The molecule has 7 nitrogen and oxygen atoms in total. The van der Waals surface area contributed by atoms with Crippen molar-refractivity contribution in [2.24, 2.45) is 0 Å². The molecule has 0 amide bonds. The Morgan fingerprint density at radius 1 is 0.852 bits per heavy atom. The van der Waals surface area contributed by atoms with Gasteiger partial charge in [-0.25, -0.2) is 9.59 Å². The normalized spacial score (nSPS) is 12.9. The van der Waals surface area contributed by atoms with E-state index in [4.69, 9.17) is 9.47 Å². The van der Waals surface area contributed by atoms with Gasteiger partial charge in [-0.2, -0.15) is 0 Å². The molecule has 0 heterocycles. The predicted octanol–water partition coefficient (Wildman–Crippen LogP) is 3.12. The summed E-state index contributed by atoms with van der Waals surface area (Å²) in [6.07, 6.45) is 3.20. The summed E-state index contributed by atoms with van der Waals surface area (Å²) >= 11 is 0. The first kappa shape index (κ1) is 25.3. The second-order valence-electron chi connectivity index (χ2n) is 7.70. The highest BCUT2D eigenvalue weighted by Gasteiger charge is 2.37. The number of hydrogen-bond acceptors (Lipinski definition) is 7. The highest BCUT2D eigenvalue weighted by Crippen LogP contribution is 2.40. The summed E-state index contributed by atoms with van der Waals surface area (Å²) in [5.41, 5.74) is 0.117. The molecule has 0 aromatic rings. The van der Waals surface area contributed by atoms with Crippen LogP contribution in [-0.2, 0) is 28.6 Å². The Hall–Kier alpha value is -1.67. The van der Waals surface area contributed by atoms with Crippen LogP contribution in [0.4, 0.5) is 0 Å². The highest BCUT2D eigenvalue weighted by molar-refractivity contribution is 6.72. The summed E-state index contributed by atoms with van der Waals surface area (Å²) < 4.78 is 14.1. The van der Waals surface area contributed by atoms with E-state index in [-0.39, 0.29) is 22.6 Å². The summed E-state index contributed by atoms with van der Waals surface area (Å²) in [5.74, 6) is -2.02. The lowest BCUT2D eigenvalue weighted by Crippen LogP contribution is -2.38. The highest BCUT2D eigenvalue weighted by atomic mass is 28.4. The average Bonchev–Trinajstić information content (AvgIpc) is 2.60. The third kappa shape index (κ3) is 8.26. The third-order valence-electron chi connectivity index (χ3n) is 5.16. The maximum absolute atomic E-state index is 12.1. The molecule has 0 aromatic carbocycles. The fraction of sp³-hybridized carbons (Fsp3) is 0.737.